The van der Waals surface area contributed by atoms with E-state index in [9.17, 15) is 0 Å². The maximum atomic E-state index is 2.32. The first-order chi connectivity index (χ1) is 16.2. The average Bonchev–Trinajstić information content (AvgIpc) is 2.90. The minimum absolute atomic E-state index is 0.155. The molecule has 0 nitrogen and oxygen atoms in total. The summed E-state index contributed by atoms with van der Waals surface area (Å²) in [5, 5.41) is 0. The second kappa shape index (κ2) is 11.3. The molecule has 0 aliphatic rings. The van der Waals surface area contributed by atoms with Crippen molar-refractivity contribution >= 4 is 0 Å². The molecule has 0 bridgehead atoms. The van der Waals surface area contributed by atoms with Crippen LogP contribution < -0.4 is 0 Å². The molecular weight excluding hydrogens is 408 g/mol. The fourth-order valence-corrected chi connectivity index (χ4v) is 4.55. The lowest BCUT2D eigenvalue weighted by Crippen LogP contribution is -2.24. The predicted octanol–water partition coefficient (Wildman–Crippen LogP) is 9.54. The highest BCUT2D eigenvalue weighted by atomic mass is 14.3. The van der Waals surface area contributed by atoms with Crippen LogP contribution in [-0.2, 0) is 10.8 Å². The lowest BCUT2D eigenvalue weighted by atomic mass is 9.71. The van der Waals surface area contributed by atoms with E-state index in [2.05, 4.69) is 163 Å². The van der Waals surface area contributed by atoms with Crippen LogP contribution in [-0.4, -0.2) is 0 Å². The van der Waals surface area contributed by atoms with Crippen molar-refractivity contribution in [2.45, 2.75) is 64.2 Å². The predicted molar refractivity (Wildman–Crippen MR) is 149 cm³/mol. The van der Waals surface area contributed by atoms with Crippen molar-refractivity contribution in [2.75, 3.05) is 0 Å². The highest BCUT2D eigenvalue weighted by Gasteiger charge is 2.29. The van der Waals surface area contributed by atoms with Gasteiger partial charge >= 0.3 is 0 Å². The summed E-state index contributed by atoms with van der Waals surface area (Å²) in [5.74, 6) is 1.01. The van der Waals surface area contributed by atoms with E-state index in [4.69, 9.17) is 0 Å². The van der Waals surface area contributed by atoms with Gasteiger partial charge in [0.2, 0.25) is 0 Å². The van der Waals surface area contributed by atoms with Gasteiger partial charge in [0.1, 0.15) is 0 Å². The molecule has 0 aliphatic heterocycles. The Kier molecular flexibility index (Phi) is 8.51. The van der Waals surface area contributed by atoms with Crippen molar-refractivity contribution in [1.29, 1.82) is 0 Å². The van der Waals surface area contributed by atoms with E-state index in [0.29, 0.717) is 11.8 Å². The zero-order valence-electron chi connectivity index (χ0n) is 21.7. The standard InChI is InChI=1S/2C17H20/c2*1-14(15-10-6-4-7-11-15)17(2,3)16-12-8-5-9-13-16/h2*4-14H,1-3H3. The molecule has 0 heteroatoms. The zero-order valence-corrected chi connectivity index (χ0v) is 21.7. The van der Waals surface area contributed by atoms with Crippen LogP contribution in [0.3, 0.4) is 0 Å². The van der Waals surface area contributed by atoms with Gasteiger partial charge in [-0.3, -0.25) is 0 Å². The first-order valence-electron chi connectivity index (χ1n) is 12.5. The minimum atomic E-state index is 0.155. The van der Waals surface area contributed by atoms with Gasteiger partial charge < -0.3 is 0 Å². The largest absolute Gasteiger partial charge is 0.0622 e. The van der Waals surface area contributed by atoms with Crippen molar-refractivity contribution in [3.8, 4) is 0 Å². The lowest BCUT2D eigenvalue weighted by molar-refractivity contribution is 0.436. The lowest BCUT2D eigenvalue weighted by Gasteiger charge is -2.33. The average molecular weight is 449 g/mol. The van der Waals surface area contributed by atoms with Crippen LogP contribution >= 0.6 is 0 Å². The molecule has 4 aromatic carbocycles. The van der Waals surface area contributed by atoms with Gasteiger partial charge in [-0.05, 0) is 44.9 Å². The highest BCUT2D eigenvalue weighted by Crippen LogP contribution is 2.39. The molecule has 34 heavy (non-hydrogen) atoms. The van der Waals surface area contributed by atoms with Gasteiger partial charge in [0.05, 0.1) is 0 Å². The van der Waals surface area contributed by atoms with Crippen LogP contribution in [0, 0.1) is 0 Å². The quantitative estimate of drug-likeness (QED) is 0.275. The van der Waals surface area contributed by atoms with E-state index in [1.807, 2.05) is 0 Å². The third-order valence-electron chi connectivity index (χ3n) is 7.80. The molecule has 2 atom stereocenters. The zero-order chi connectivity index (χ0) is 24.6. The first-order valence-corrected chi connectivity index (χ1v) is 12.5. The van der Waals surface area contributed by atoms with Crippen LogP contribution in [0.4, 0.5) is 0 Å². The Bertz CT molecular complexity index is 1000. The fourth-order valence-electron chi connectivity index (χ4n) is 4.55. The molecule has 0 amide bonds. The molecule has 4 aromatic rings. The third-order valence-corrected chi connectivity index (χ3v) is 7.80. The number of hydrogen-bond donors (Lipinski definition) is 0. The first kappa shape index (κ1) is 25.5. The molecule has 0 saturated heterocycles. The number of rotatable bonds is 6. The molecule has 0 saturated carbocycles. The van der Waals surface area contributed by atoms with E-state index < -0.39 is 0 Å². The van der Waals surface area contributed by atoms with Gasteiger partial charge in [0.15, 0.2) is 0 Å². The molecule has 0 fully saturated rings. The summed E-state index contributed by atoms with van der Waals surface area (Å²) in [5.41, 5.74) is 5.92. The van der Waals surface area contributed by atoms with Crippen molar-refractivity contribution in [1.82, 2.24) is 0 Å². The van der Waals surface area contributed by atoms with Gasteiger partial charge in [0.25, 0.3) is 0 Å². The SMILES string of the molecule is CC(c1ccccc1)C(C)(C)c1ccccc1.CC(c1ccccc1)C(C)(C)c1ccccc1. The summed E-state index contributed by atoms with van der Waals surface area (Å²) in [6.45, 7) is 13.9. The van der Waals surface area contributed by atoms with Crippen molar-refractivity contribution < 1.29 is 0 Å². The number of benzene rings is 4. The summed E-state index contributed by atoms with van der Waals surface area (Å²) >= 11 is 0. The fraction of sp³-hybridized carbons (Fsp3) is 0.294. The Morgan fingerprint density at radius 1 is 0.382 bits per heavy atom. The normalized spacial score (nSPS) is 13.4. The Morgan fingerprint density at radius 3 is 0.882 bits per heavy atom. The Balaban J connectivity index is 0.000000191. The van der Waals surface area contributed by atoms with Crippen molar-refractivity contribution in [2.24, 2.45) is 0 Å². The van der Waals surface area contributed by atoms with Gasteiger partial charge in [-0.25, -0.2) is 0 Å². The van der Waals surface area contributed by atoms with Crippen LogP contribution in [0.1, 0.15) is 75.6 Å². The topological polar surface area (TPSA) is 0 Å². The molecule has 0 N–H and O–H groups in total. The third kappa shape index (κ3) is 6.06. The second-order valence-electron chi connectivity index (χ2n) is 10.4. The van der Waals surface area contributed by atoms with Crippen LogP contribution in [0.5, 0.6) is 0 Å². The molecule has 0 spiro atoms. The van der Waals surface area contributed by atoms with E-state index in [-0.39, 0.29) is 10.8 Å². The Morgan fingerprint density at radius 2 is 0.618 bits per heavy atom. The van der Waals surface area contributed by atoms with Crippen LogP contribution in [0.2, 0.25) is 0 Å². The second-order valence-corrected chi connectivity index (χ2v) is 10.4. The smallest absolute Gasteiger partial charge is 0.00376 e. The molecule has 0 radical (unpaired) electrons. The number of hydrogen-bond acceptors (Lipinski definition) is 0. The summed E-state index contributed by atoms with van der Waals surface area (Å²) in [7, 11) is 0. The van der Waals surface area contributed by atoms with Gasteiger partial charge in [0, 0.05) is 0 Å². The highest BCUT2D eigenvalue weighted by molar-refractivity contribution is 5.33. The van der Waals surface area contributed by atoms with E-state index >= 15 is 0 Å². The molecule has 2 unspecified atom stereocenters. The van der Waals surface area contributed by atoms with E-state index in [0.717, 1.165) is 0 Å². The Hall–Kier alpha value is -3.12. The van der Waals surface area contributed by atoms with Crippen LogP contribution in [0.15, 0.2) is 121 Å². The molecule has 176 valence electrons. The molecule has 0 heterocycles. The summed E-state index contributed by atoms with van der Waals surface area (Å²) in [6.07, 6.45) is 0. The minimum Gasteiger partial charge on any atom is -0.0622 e. The van der Waals surface area contributed by atoms with Crippen molar-refractivity contribution in [3.05, 3.63) is 144 Å². The maximum absolute atomic E-state index is 2.32. The monoisotopic (exact) mass is 448 g/mol. The summed E-state index contributed by atoms with van der Waals surface area (Å²) in [6, 6.07) is 43.0. The summed E-state index contributed by atoms with van der Waals surface area (Å²) in [4.78, 5) is 0. The Labute approximate surface area is 207 Å². The maximum Gasteiger partial charge on any atom is -0.00376 e. The summed E-state index contributed by atoms with van der Waals surface area (Å²) < 4.78 is 0. The van der Waals surface area contributed by atoms with Crippen LogP contribution in [0.25, 0.3) is 0 Å². The van der Waals surface area contributed by atoms with Gasteiger partial charge in [-0.2, -0.15) is 0 Å². The molecular formula is C34H40. The molecule has 0 aromatic heterocycles. The molecule has 4 rings (SSSR count). The van der Waals surface area contributed by atoms with E-state index in [1.54, 1.807) is 0 Å². The molecule has 0 aliphatic carbocycles. The van der Waals surface area contributed by atoms with Gasteiger partial charge in [-0.1, -0.05) is 163 Å². The van der Waals surface area contributed by atoms with E-state index in [1.165, 1.54) is 22.3 Å². The van der Waals surface area contributed by atoms with Gasteiger partial charge in [-0.15, -0.1) is 0 Å². The van der Waals surface area contributed by atoms with Crippen molar-refractivity contribution in [3.63, 3.8) is 0 Å².